The number of hydrogen-bond acceptors (Lipinski definition) is 3. The monoisotopic (exact) mass is 291 g/mol. The molecule has 1 atom stereocenters. The molecule has 21 heavy (non-hydrogen) atoms. The number of ether oxygens (including phenoxy) is 2. The quantitative estimate of drug-likeness (QED) is 0.481. The van der Waals surface area contributed by atoms with Gasteiger partial charge in [-0.25, -0.2) is 0 Å². The zero-order chi connectivity index (χ0) is 15.5. The van der Waals surface area contributed by atoms with E-state index in [9.17, 15) is 0 Å². The summed E-state index contributed by atoms with van der Waals surface area (Å²) < 4.78 is 11.3. The summed E-state index contributed by atoms with van der Waals surface area (Å²) in [6.07, 6.45) is 6.47. The van der Waals surface area contributed by atoms with E-state index < -0.39 is 0 Å². The zero-order valence-electron chi connectivity index (χ0n) is 13.7. The number of rotatable bonds is 11. The van der Waals surface area contributed by atoms with Gasteiger partial charge in [0, 0.05) is 6.04 Å². The predicted molar refractivity (Wildman–Crippen MR) is 89.2 cm³/mol. The van der Waals surface area contributed by atoms with Gasteiger partial charge in [-0.15, -0.1) is 6.58 Å². The normalized spacial score (nSPS) is 12.0. The van der Waals surface area contributed by atoms with Crippen LogP contribution in [-0.4, -0.2) is 20.3 Å². The first-order chi connectivity index (χ1) is 10.2. The number of hydrogen-bond donors (Lipinski definition) is 1. The van der Waals surface area contributed by atoms with Crippen molar-refractivity contribution in [2.75, 3.05) is 20.3 Å². The number of methoxy groups -OCH3 is 1. The molecule has 1 aromatic carbocycles. The molecule has 0 saturated heterocycles. The second-order valence-corrected chi connectivity index (χ2v) is 5.18. The van der Waals surface area contributed by atoms with Gasteiger partial charge < -0.3 is 14.8 Å². The minimum absolute atomic E-state index is 0.317. The molecule has 3 nitrogen and oxygen atoms in total. The topological polar surface area (TPSA) is 30.5 Å². The van der Waals surface area contributed by atoms with Gasteiger partial charge in [0.15, 0.2) is 11.5 Å². The van der Waals surface area contributed by atoms with Crippen LogP contribution in [0.15, 0.2) is 30.9 Å². The van der Waals surface area contributed by atoms with Crippen molar-refractivity contribution in [3.63, 3.8) is 0 Å². The van der Waals surface area contributed by atoms with Gasteiger partial charge in [-0.3, -0.25) is 0 Å². The average Bonchev–Trinajstić information content (AvgIpc) is 2.51. The van der Waals surface area contributed by atoms with Crippen molar-refractivity contribution in [2.45, 2.75) is 45.6 Å². The lowest BCUT2D eigenvalue weighted by molar-refractivity contribution is 0.285. The van der Waals surface area contributed by atoms with E-state index in [-0.39, 0.29) is 0 Å². The van der Waals surface area contributed by atoms with Crippen LogP contribution in [0, 0.1) is 0 Å². The highest BCUT2D eigenvalue weighted by Gasteiger charge is 2.09. The van der Waals surface area contributed by atoms with Crippen molar-refractivity contribution in [3.05, 3.63) is 36.4 Å². The molecule has 3 heteroatoms. The fraction of sp³-hybridized carbons (Fsp3) is 0.556. The molecule has 0 aliphatic rings. The molecule has 1 N–H and O–H groups in total. The predicted octanol–water partition coefficient (Wildman–Crippen LogP) is 4.49. The van der Waals surface area contributed by atoms with Crippen LogP contribution in [0.25, 0.3) is 0 Å². The summed E-state index contributed by atoms with van der Waals surface area (Å²) in [5, 5.41) is 3.40. The van der Waals surface area contributed by atoms with Crippen molar-refractivity contribution < 1.29 is 9.47 Å². The summed E-state index contributed by atoms with van der Waals surface area (Å²) in [6.45, 7) is 9.67. The largest absolute Gasteiger partial charge is 0.493 e. The molecule has 0 heterocycles. The van der Waals surface area contributed by atoms with E-state index in [0.717, 1.165) is 37.5 Å². The maximum absolute atomic E-state index is 5.83. The first kappa shape index (κ1) is 17.6. The van der Waals surface area contributed by atoms with E-state index in [4.69, 9.17) is 9.47 Å². The van der Waals surface area contributed by atoms with Crippen LogP contribution in [0.2, 0.25) is 0 Å². The second-order valence-electron chi connectivity index (χ2n) is 5.18. The van der Waals surface area contributed by atoms with Gasteiger partial charge in [0.05, 0.1) is 13.7 Å². The Morgan fingerprint density at radius 1 is 1.24 bits per heavy atom. The van der Waals surface area contributed by atoms with Gasteiger partial charge in [0.25, 0.3) is 0 Å². The van der Waals surface area contributed by atoms with Crippen molar-refractivity contribution in [1.29, 1.82) is 0 Å². The van der Waals surface area contributed by atoms with Crippen LogP contribution in [0.3, 0.4) is 0 Å². The molecule has 0 saturated carbocycles. The van der Waals surface area contributed by atoms with Crippen molar-refractivity contribution >= 4 is 0 Å². The summed E-state index contributed by atoms with van der Waals surface area (Å²) in [4.78, 5) is 0. The summed E-state index contributed by atoms with van der Waals surface area (Å²) >= 11 is 0. The van der Waals surface area contributed by atoms with E-state index in [0.29, 0.717) is 6.04 Å². The SMILES string of the molecule is C=CCCCCCOc1ccc(C(C)NCC)cc1OC. The molecule has 0 aliphatic heterocycles. The van der Waals surface area contributed by atoms with E-state index in [1.165, 1.54) is 18.4 Å². The molecule has 1 unspecified atom stereocenters. The van der Waals surface area contributed by atoms with E-state index >= 15 is 0 Å². The molecule has 118 valence electrons. The third-order valence-electron chi connectivity index (χ3n) is 3.51. The molecule has 0 amide bonds. The molecule has 0 spiro atoms. The van der Waals surface area contributed by atoms with Gasteiger partial charge in [0.1, 0.15) is 0 Å². The number of unbranched alkanes of at least 4 members (excludes halogenated alkanes) is 3. The Hall–Kier alpha value is -1.48. The van der Waals surface area contributed by atoms with Gasteiger partial charge in [-0.05, 0) is 56.8 Å². The molecule has 0 radical (unpaired) electrons. The van der Waals surface area contributed by atoms with Gasteiger partial charge in [-0.1, -0.05) is 19.1 Å². The number of allylic oxidation sites excluding steroid dienone is 1. The molecule has 0 fully saturated rings. The Labute approximate surface area is 129 Å². The lowest BCUT2D eigenvalue weighted by Crippen LogP contribution is -2.17. The smallest absolute Gasteiger partial charge is 0.161 e. The molecule has 1 rings (SSSR count). The minimum Gasteiger partial charge on any atom is -0.493 e. The average molecular weight is 291 g/mol. The third-order valence-corrected chi connectivity index (χ3v) is 3.51. The second kappa shape index (κ2) is 10.3. The minimum atomic E-state index is 0.317. The highest BCUT2D eigenvalue weighted by Crippen LogP contribution is 2.30. The van der Waals surface area contributed by atoms with Gasteiger partial charge >= 0.3 is 0 Å². The summed E-state index contributed by atoms with van der Waals surface area (Å²) in [5.41, 5.74) is 1.21. The fourth-order valence-corrected chi connectivity index (χ4v) is 2.25. The first-order valence-corrected chi connectivity index (χ1v) is 7.88. The first-order valence-electron chi connectivity index (χ1n) is 7.88. The highest BCUT2D eigenvalue weighted by molar-refractivity contribution is 5.43. The Bertz CT molecular complexity index is 418. The number of nitrogens with one attached hydrogen (secondary N) is 1. The summed E-state index contributed by atoms with van der Waals surface area (Å²) in [5.74, 6) is 1.64. The Kier molecular flexibility index (Phi) is 8.60. The number of benzene rings is 1. The van der Waals surface area contributed by atoms with E-state index in [2.05, 4.69) is 37.9 Å². The maximum Gasteiger partial charge on any atom is 0.161 e. The standard InChI is InChI=1S/C18H29NO2/c1-5-7-8-9-10-13-21-17-12-11-16(14-18(17)20-4)15(3)19-6-2/h5,11-12,14-15,19H,1,6-10,13H2,2-4H3. The van der Waals surface area contributed by atoms with Crippen molar-refractivity contribution in [1.82, 2.24) is 5.32 Å². The molecular weight excluding hydrogens is 262 g/mol. The van der Waals surface area contributed by atoms with Crippen molar-refractivity contribution in [2.24, 2.45) is 0 Å². The lowest BCUT2D eigenvalue weighted by atomic mass is 10.1. The fourth-order valence-electron chi connectivity index (χ4n) is 2.25. The third kappa shape index (κ3) is 6.21. The highest BCUT2D eigenvalue weighted by atomic mass is 16.5. The molecule has 0 aliphatic carbocycles. The van der Waals surface area contributed by atoms with Gasteiger partial charge in [0.2, 0.25) is 0 Å². The molecule has 1 aromatic rings. The van der Waals surface area contributed by atoms with Crippen LogP contribution in [0.1, 0.15) is 51.1 Å². The van der Waals surface area contributed by atoms with Crippen LogP contribution < -0.4 is 14.8 Å². The Balaban J connectivity index is 2.52. The van der Waals surface area contributed by atoms with E-state index in [1.807, 2.05) is 12.1 Å². The lowest BCUT2D eigenvalue weighted by Gasteiger charge is -2.16. The zero-order valence-corrected chi connectivity index (χ0v) is 13.7. The van der Waals surface area contributed by atoms with Crippen LogP contribution in [-0.2, 0) is 0 Å². The van der Waals surface area contributed by atoms with Gasteiger partial charge in [-0.2, -0.15) is 0 Å². The summed E-state index contributed by atoms with van der Waals surface area (Å²) in [6, 6.07) is 6.48. The molecular formula is C18H29NO2. The van der Waals surface area contributed by atoms with E-state index in [1.54, 1.807) is 7.11 Å². The summed E-state index contributed by atoms with van der Waals surface area (Å²) in [7, 11) is 1.69. The van der Waals surface area contributed by atoms with Crippen LogP contribution >= 0.6 is 0 Å². The Morgan fingerprint density at radius 3 is 2.71 bits per heavy atom. The van der Waals surface area contributed by atoms with Crippen molar-refractivity contribution in [3.8, 4) is 11.5 Å². The molecule has 0 aromatic heterocycles. The molecule has 0 bridgehead atoms. The maximum atomic E-state index is 5.83. The Morgan fingerprint density at radius 2 is 2.05 bits per heavy atom. The van der Waals surface area contributed by atoms with Crippen LogP contribution in [0.4, 0.5) is 0 Å². The van der Waals surface area contributed by atoms with Crippen LogP contribution in [0.5, 0.6) is 11.5 Å².